The van der Waals surface area contributed by atoms with Crippen LogP contribution in [0.1, 0.15) is 19.4 Å². The standard InChI is InChI=1S/C10H12AsN/c1-10(2,7-12)8-4-3-5-9(11)6-8/h3-6H,11H2,1-2H3. The molecule has 0 N–H and O–H groups in total. The fraction of sp³-hybridized carbons (Fsp3) is 0.300. The van der Waals surface area contributed by atoms with Crippen molar-refractivity contribution in [3.63, 3.8) is 0 Å². The predicted octanol–water partition coefficient (Wildman–Crippen LogP) is 0.746. The summed E-state index contributed by atoms with van der Waals surface area (Å²) in [7, 11) is 0. The molecule has 1 unspecified atom stereocenters. The van der Waals surface area contributed by atoms with Gasteiger partial charge in [-0.2, -0.15) is 0 Å². The maximum atomic E-state index is 8.89. The first kappa shape index (κ1) is 9.36. The summed E-state index contributed by atoms with van der Waals surface area (Å²) in [5, 5.41) is 8.89. The molecule has 0 aliphatic heterocycles. The van der Waals surface area contributed by atoms with E-state index in [0.29, 0.717) is 0 Å². The normalized spacial score (nSPS) is 10.8. The molecule has 1 aromatic carbocycles. The molecule has 0 aliphatic rings. The van der Waals surface area contributed by atoms with E-state index < -0.39 is 0 Å². The summed E-state index contributed by atoms with van der Waals surface area (Å²) < 4.78 is 1.27. The van der Waals surface area contributed by atoms with Crippen molar-refractivity contribution in [1.29, 1.82) is 5.26 Å². The van der Waals surface area contributed by atoms with E-state index in [1.807, 2.05) is 26.0 Å². The average Bonchev–Trinajstić information content (AvgIpc) is 2.05. The zero-order valence-corrected chi connectivity index (χ0v) is 9.76. The molecule has 1 aromatic rings. The van der Waals surface area contributed by atoms with Gasteiger partial charge in [-0.1, -0.05) is 0 Å². The number of hydrogen-bond donors (Lipinski definition) is 0. The van der Waals surface area contributed by atoms with E-state index in [-0.39, 0.29) is 5.41 Å². The molecule has 0 saturated heterocycles. The SMILES string of the molecule is CC(C)(C#N)c1cccc([AsH2])c1. The van der Waals surface area contributed by atoms with Crippen LogP contribution in [0.4, 0.5) is 0 Å². The Morgan fingerprint density at radius 1 is 1.42 bits per heavy atom. The van der Waals surface area contributed by atoms with Crippen LogP contribution in [0.3, 0.4) is 0 Å². The first-order valence-corrected chi connectivity index (χ1v) is 5.04. The summed E-state index contributed by atoms with van der Waals surface area (Å²) in [5.74, 6) is 0. The molecule has 0 aromatic heterocycles. The zero-order chi connectivity index (χ0) is 9.19. The number of benzene rings is 1. The Labute approximate surface area is 81.9 Å². The Kier molecular flexibility index (Phi) is 2.60. The molecule has 1 nitrogen and oxygen atoms in total. The molecule has 0 aliphatic carbocycles. The van der Waals surface area contributed by atoms with Gasteiger partial charge in [0.2, 0.25) is 0 Å². The fourth-order valence-electron chi connectivity index (χ4n) is 0.992. The third-order valence-corrected chi connectivity index (χ3v) is 2.64. The summed E-state index contributed by atoms with van der Waals surface area (Å²) in [6, 6.07) is 10.5. The minimum absolute atomic E-state index is 0.359. The molecule has 0 amide bonds. The van der Waals surface area contributed by atoms with Gasteiger partial charge in [-0.15, -0.1) is 0 Å². The van der Waals surface area contributed by atoms with Crippen molar-refractivity contribution in [1.82, 2.24) is 0 Å². The van der Waals surface area contributed by atoms with Gasteiger partial charge in [-0.05, 0) is 0 Å². The molecule has 62 valence electrons. The second kappa shape index (κ2) is 3.33. The third-order valence-electron chi connectivity index (χ3n) is 1.89. The summed E-state index contributed by atoms with van der Waals surface area (Å²) in [6.07, 6.45) is 0. The van der Waals surface area contributed by atoms with Crippen molar-refractivity contribution in [2.75, 3.05) is 0 Å². The van der Waals surface area contributed by atoms with Gasteiger partial charge in [0, 0.05) is 0 Å². The Morgan fingerprint density at radius 3 is 2.58 bits per heavy atom. The van der Waals surface area contributed by atoms with E-state index in [0.717, 1.165) is 5.56 Å². The minimum atomic E-state index is -0.359. The van der Waals surface area contributed by atoms with Crippen molar-refractivity contribution < 1.29 is 0 Å². The van der Waals surface area contributed by atoms with Crippen LogP contribution < -0.4 is 4.35 Å². The number of nitrogens with zero attached hydrogens (tertiary/aromatic N) is 1. The Balaban J connectivity index is 3.14. The van der Waals surface area contributed by atoms with Crippen molar-refractivity contribution >= 4 is 21.2 Å². The number of hydrogen-bond acceptors (Lipinski definition) is 1. The molecule has 0 bridgehead atoms. The number of nitriles is 1. The van der Waals surface area contributed by atoms with Gasteiger partial charge >= 0.3 is 81.6 Å². The van der Waals surface area contributed by atoms with E-state index in [1.165, 1.54) is 4.35 Å². The molecule has 12 heavy (non-hydrogen) atoms. The fourth-order valence-corrected chi connectivity index (χ4v) is 1.60. The monoisotopic (exact) mass is 221 g/mol. The zero-order valence-electron chi connectivity index (χ0n) is 7.33. The second-order valence-electron chi connectivity index (χ2n) is 3.36. The molecule has 0 saturated carbocycles. The van der Waals surface area contributed by atoms with Crippen LogP contribution >= 0.6 is 0 Å². The van der Waals surface area contributed by atoms with Crippen LogP contribution in [0.2, 0.25) is 0 Å². The Morgan fingerprint density at radius 2 is 2.08 bits per heavy atom. The Hall–Kier alpha value is -0.732. The van der Waals surface area contributed by atoms with Gasteiger partial charge < -0.3 is 0 Å². The summed E-state index contributed by atoms with van der Waals surface area (Å²) in [4.78, 5) is 0. The molecular weight excluding hydrogens is 209 g/mol. The molecule has 2 heteroatoms. The summed E-state index contributed by atoms with van der Waals surface area (Å²) >= 11 is 1.59. The average molecular weight is 221 g/mol. The van der Waals surface area contributed by atoms with E-state index in [2.05, 4.69) is 18.2 Å². The molecule has 0 spiro atoms. The van der Waals surface area contributed by atoms with E-state index in [9.17, 15) is 0 Å². The van der Waals surface area contributed by atoms with Crippen molar-refractivity contribution in [2.24, 2.45) is 0 Å². The molecule has 1 atom stereocenters. The van der Waals surface area contributed by atoms with Crippen LogP contribution in [0.5, 0.6) is 0 Å². The molecule has 0 heterocycles. The topological polar surface area (TPSA) is 23.8 Å². The van der Waals surface area contributed by atoms with E-state index >= 15 is 0 Å². The first-order valence-electron chi connectivity index (χ1n) is 3.83. The van der Waals surface area contributed by atoms with E-state index in [1.54, 1.807) is 16.9 Å². The van der Waals surface area contributed by atoms with Crippen molar-refractivity contribution in [3.05, 3.63) is 29.8 Å². The quantitative estimate of drug-likeness (QED) is 0.642. The van der Waals surface area contributed by atoms with E-state index in [4.69, 9.17) is 5.26 Å². The van der Waals surface area contributed by atoms with Crippen LogP contribution in [-0.4, -0.2) is 16.9 Å². The third kappa shape index (κ3) is 1.90. The van der Waals surface area contributed by atoms with Crippen LogP contribution in [0, 0.1) is 11.3 Å². The molecule has 0 fully saturated rings. The molecular formula is C10H12AsN. The predicted molar refractivity (Wildman–Crippen MR) is 53.3 cm³/mol. The summed E-state index contributed by atoms with van der Waals surface area (Å²) in [6.45, 7) is 3.88. The van der Waals surface area contributed by atoms with Gasteiger partial charge in [-0.3, -0.25) is 0 Å². The second-order valence-corrected chi connectivity index (χ2v) is 4.76. The first-order chi connectivity index (χ1) is 5.56. The van der Waals surface area contributed by atoms with Gasteiger partial charge in [-0.25, -0.2) is 0 Å². The van der Waals surface area contributed by atoms with Crippen molar-refractivity contribution in [3.8, 4) is 6.07 Å². The summed E-state index contributed by atoms with van der Waals surface area (Å²) in [5.41, 5.74) is 0.745. The van der Waals surface area contributed by atoms with Gasteiger partial charge in [0.25, 0.3) is 0 Å². The molecule has 1 rings (SSSR count). The number of rotatable bonds is 1. The van der Waals surface area contributed by atoms with Crippen LogP contribution in [-0.2, 0) is 5.41 Å². The van der Waals surface area contributed by atoms with Gasteiger partial charge in [0.05, 0.1) is 0 Å². The van der Waals surface area contributed by atoms with Crippen molar-refractivity contribution in [2.45, 2.75) is 19.3 Å². The van der Waals surface area contributed by atoms with Crippen LogP contribution in [0.25, 0.3) is 0 Å². The Bertz CT molecular complexity index is 323. The van der Waals surface area contributed by atoms with Gasteiger partial charge in [0.15, 0.2) is 0 Å². The van der Waals surface area contributed by atoms with Gasteiger partial charge in [0.1, 0.15) is 0 Å². The van der Waals surface area contributed by atoms with Crippen LogP contribution in [0.15, 0.2) is 24.3 Å². The molecule has 0 radical (unpaired) electrons. The maximum absolute atomic E-state index is 8.89.